The van der Waals surface area contributed by atoms with Gasteiger partial charge in [-0.05, 0) is 57.2 Å². The monoisotopic (exact) mass is 546 g/mol. The zero-order chi connectivity index (χ0) is 28.4. The fourth-order valence-corrected chi connectivity index (χ4v) is 5.20. The number of nitrogens with zero attached hydrogens (tertiary/aromatic N) is 6. The first-order valence-electron chi connectivity index (χ1n) is 14.0. The van der Waals surface area contributed by atoms with E-state index in [1.807, 2.05) is 11.0 Å². The summed E-state index contributed by atoms with van der Waals surface area (Å²) in [6, 6.07) is 8.41. The number of carbonyl (C=O) groups is 2. The molecule has 40 heavy (non-hydrogen) atoms. The van der Waals surface area contributed by atoms with Crippen LogP contribution in [0.3, 0.4) is 0 Å². The maximum absolute atomic E-state index is 15.4. The molecule has 0 bridgehead atoms. The molecule has 0 N–H and O–H groups in total. The van der Waals surface area contributed by atoms with Gasteiger partial charge < -0.3 is 9.64 Å². The molecule has 210 valence electrons. The Morgan fingerprint density at radius 3 is 2.73 bits per heavy atom. The fourth-order valence-electron chi connectivity index (χ4n) is 5.20. The molecule has 1 fully saturated rings. The van der Waals surface area contributed by atoms with Crippen LogP contribution in [-0.4, -0.2) is 60.3 Å². The van der Waals surface area contributed by atoms with Gasteiger partial charge in [0.1, 0.15) is 11.5 Å². The van der Waals surface area contributed by atoms with E-state index in [9.17, 15) is 9.59 Å². The average molecular weight is 547 g/mol. The van der Waals surface area contributed by atoms with Crippen LogP contribution in [-0.2, 0) is 11.2 Å². The number of benzene rings is 1. The van der Waals surface area contributed by atoms with Crippen LogP contribution >= 0.6 is 0 Å². The highest BCUT2D eigenvalue weighted by Gasteiger charge is 2.26. The summed E-state index contributed by atoms with van der Waals surface area (Å²) >= 11 is 0. The number of aromatic nitrogens is 5. The van der Waals surface area contributed by atoms with Gasteiger partial charge in [-0.3, -0.25) is 4.79 Å². The standard InChI is InChI=1S/C30H35FN6O3/c1-5-40-30(39)21-17-32-36(18-21)22-10-11-24(25(31)14-22)26-16-28-33-27(15-23(13-19(2)3)37(28)34-26)29(38)35-12-8-6-7-9-20(35)4/h10-11,14-20H,5-9,12-13H2,1-4H3/t20-/m1/s1. The first kappa shape index (κ1) is 27.5. The molecule has 9 nitrogen and oxygen atoms in total. The number of hydrogen-bond acceptors (Lipinski definition) is 6. The summed E-state index contributed by atoms with van der Waals surface area (Å²) in [6.45, 7) is 9.03. The van der Waals surface area contributed by atoms with Crippen LogP contribution in [0.4, 0.5) is 4.39 Å². The Bertz CT molecular complexity index is 1540. The van der Waals surface area contributed by atoms with E-state index in [2.05, 4.69) is 30.9 Å². The zero-order valence-corrected chi connectivity index (χ0v) is 23.4. The summed E-state index contributed by atoms with van der Waals surface area (Å²) in [5, 5.41) is 8.86. The second kappa shape index (κ2) is 11.6. The van der Waals surface area contributed by atoms with E-state index >= 15 is 4.39 Å². The van der Waals surface area contributed by atoms with Crippen LogP contribution in [0.25, 0.3) is 22.6 Å². The van der Waals surface area contributed by atoms with Crippen molar-refractivity contribution in [2.45, 2.75) is 65.8 Å². The summed E-state index contributed by atoms with van der Waals surface area (Å²) in [6.07, 6.45) is 7.82. The van der Waals surface area contributed by atoms with E-state index in [0.717, 1.165) is 37.9 Å². The summed E-state index contributed by atoms with van der Waals surface area (Å²) in [5.74, 6) is -0.720. The van der Waals surface area contributed by atoms with Crippen LogP contribution in [0.5, 0.6) is 0 Å². The lowest BCUT2D eigenvalue weighted by Crippen LogP contribution is -2.38. The van der Waals surface area contributed by atoms with Gasteiger partial charge in [0.2, 0.25) is 0 Å². The number of rotatable bonds is 7. The van der Waals surface area contributed by atoms with Crippen molar-refractivity contribution >= 4 is 17.5 Å². The SMILES string of the molecule is CCOC(=O)c1cnn(-c2ccc(-c3cc4nc(C(=O)N5CCCCC[C@H]5C)cc(CC(C)C)n4n3)c(F)c2)c1. The highest BCUT2D eigenvalue weighted by Crippen LogP contribution is 2.27. The second-order valence-corrected chi connectivity index (χ2v) is 10.8. The molecule has 1 saturated heterocycles. The lowest BCUT2D eigenvalue weighted by Gasteiger charge is -2.27. The van der Waals surface area contributed by atoms with Gasteiger partial charge in [0.25, 0.3) is 5.91 Å². The van der Waals surface area contributed by atoms with Crippen LogP contribution in [0.2, 0.25) is 0 Å². The summed E-state index contributed by atoms with van der Waals surface area (Å²) in [7, 11) is 0. The van der Waals surface area contributed by atoms with Crippen molar-refractivity contribution in [1.82, 2.24) is 29.3 Å². The highest BCUT2D eigenvalue weighted by molar-refractivity contribution is 5.93. The fraction of sp³-hybridized carbons (Fsp3) is 0.433. The largest absolute Gasteiger partial charge is 0.462 e. The number of likely N-dealkylation sites (tertiary alicyclic amines) is 1. The number of halogens is 1. The van der Waals surface area contributed by atoms with Gasteiger partial charge in [-0.1, -0.05) is 26.7 Å². The molecule has 0 aliphatic carbocycles. The van der Waals surface area contributed by atoms with Crippen LogP contribution in [0.1, 0.15) is 79.9 Å². The summed E-state index contributed by atoms with van der Waals surface area (Å²) in [4.78, 5) is 32.2. The van der Waals surface area contributed by atoms with Crippen LogP contribution in [0, 0.1) is 11.7 Å². The summed E-state index contributed by atoms with van der Waals surface area (Å²) < 4.78 is 23.6. The first-order valence-corrected chi connectivity index (χ1v) is 14.0. The third kappa shape index (κ3) is 5.61. The molecule has 10 heteroatoms. The number of esters is 1. The lowest BCUT2D eigenvalue weighted by atomic mass is 10.1. The Labute approximate surface area is 233 Å². The Balaban J connectivity index is 1.49. The van der Waals surface area contributed by atoms with Gasteiger partial charge in [0, 0.05) is 42.2 Å². The first-order chi connectivity index (χ1) is 19.2. The van der Waals surface area contributed by atoms with Crippen LogP contribution in [0.15, 0.2) is 42.7 Å². The van der Waals surface area contributed by atoms with E-state index in [-0.39, 0.29) is 24.1 Å². The third-order valence-electron chi connectivity index (χ3n) is 7.24. The molecule has 1 amide bonds. The quantitative estimate of drug-likeness (QED) is 0.284. The Kier molecular flexibility index (Phi) is 7.95. The maximum atomic E-state index is 15.4. The molecule has 0 spiro atoms. The van der Waals surface area contributed by atoms with E-state index < -0.39 is 11.8 Å². The minimum Gasteiger partial charge on any atom is -0.462 e. The van der Waals surface area contributed by atoms with Gasteiger partial charge in [0.05, 0.1) is 29.7 Å². The van der Waals surface area contributed by atoms with Crippen molar-refractivity contribution in [3.05, 3.63) is 65.5 Å². The smallest absolute Gasteiger partial charge is 0.341 e. The number of hydrogen-bond donors (Lipinski definition) is 0. The Morgan fingerprint density at radius 1 is 1.15 bits per heavy atom. The van der Waals surface area contributed by atoms with Gasteiger partial charge in [-0.2, -0.15) is 10.2 Å². The molecule has 1 atom stereocenters. The predicted molar refractivity (Wildman–Crippen MR) is 149 cm³/mol. The molecule has 3 aromatic heterocycles. The minimum atomic E-state index is -0.491. The maximum Gasteiger partial charge on any atom is 0.341 e. The van der Waals surface area contributed by atoms with Crippen molar-refractivity contribution in [3.63, 3.8) is 0 Å². The van der Waals surface area contributed by atoms with Gasteiger partial charge in [-0.15, -0.1) is 0 Å². The van der Waals surface area contributed by atoms with Crippen LogP contribution < -0.4 is 0 Å². The van der Waals surface area contributed by atoms with Crippen molar-refractivity contribution in [2.75, 3.05) is 13.2 Å². The molecule has 1 aliphatic rings. The number of carbonyl (C=O) groups excluding carboxylic acids is 2. The molecule has 4 heterocycles. The van der Waals surface area contributed by atoms with E-state index in [0.29, 0.717) is 40.6 Å². The van der Waals surface area contributed by atoms with Crippen molar-refractivity contribution in [1.29, 1.82) is 0 Å². The molecule has 0 unspecified atom stereocenters. The van der Waals surface area contributed by atoms with Crippen molar-refractivity contribution in [3.8, 4) is 16.9 Å². The zero-order valence-electron chi connectivity index (χ0n) is 23.4. The van der Waals surface area contributed by atoms with E-state index in [1.54, 1.807) is 29.6 Å². The molecule has 5 rings (SSSR count). The Hall–Kier alpha value is -4.08. The molecule has 4 aromatic rings. The normalized spacial score (nSPS) is 15.9. The second-order valence-electron chi connectivity index (χ2n) is 10.8. The highest BCUT2D eigenvalue weighted by atomic mass is 19.1. The van der Waals surface area contributed by atoms with Gasteiger partial charge in [-0.25, -0.2) is 23.4 Å². The molecule has 0 radical (unpaired) electrons. The molecular formula is C30H35FN6O3. The Morgan fingerprint density at radius 2 is 1.98 bits per heavy atom. The molecule has 0 saturated carbocycles. The van der Waals surface area contributed by atoms with E-state index in [4.69, 9.17) is 9.84 Å². The van der Waals surface area contributed by atoms with E-state index in [1.165, 1.54) is 23.1 Å². The molecule has 1 aliphatic heterocycles. The topological polar surface area (TPSA) is 94.6 Å². The third-order valence-corrected chi connectivity index (χ3v) is 7.24. The molecule has 1 aromatic carbocycles. The van der Waals surface area contributed by atoms with Gasteiger partial charge >= 0.3 is 5.97 Å². The van der Waals surface area contributed by atoms with Crippen molar-refractivity contribution < 1.29 is 18.7 Å². The predicted octanol–water partition coefficient (Wildman–Crippen LogP) is 5.50. The number of ether oxygens (including phenoxy) is 1. The number of amides is 1. The number of fused-ring (bicyclic) bond motifs is 1. The lowest BCUT2D eigenvalue weighted by molar-refractivity contribution is 0.0526. The van der Waals surface area contributed by atoms with Gasteiger partial charge in [0.15, 0.2) is 5.65 Å². The summed E-state index contributed by atoms with van der Waals surface area (Å²) in [5.41, 5.74) is 3.23. The molecular weight excluding hydrogens is 511 g/mol. The van der Waals surface area contributed by atoms with Crippen molar-refractivity contribution in [2.24, 2.45) is 5.92 Å². The average Bonchev–Trinajstić information content (AvgIpc) is 3.53. The minimum absolute atomic E-state index is 0.0680.